The van der Waals surface area contributed by atoms with E-state index >= 15 is 0 Å². The summed E-state index contributed by atoms with van der Waals surface area (Å²) in [5.41, 5.74) is -1.12. The summed E-state index contributed by atoms with van der Waals surface area (Å²) < 4.78 is -0.675. The summed E-state index contributed by atoms with van der Waals surface area (Å²) >= 11 is 0. The van der Waals surface area contributed by atoms with E-state index in [0.29, 0.717) is 0 Å². The van der Waals surface area contributed by atoms with Gasteiger partial charge in [-0.2, -0.15) is 4.48 Å². The van der Waals surface area contributed by atoms with Gasteiger partial charge in [-0.1, -0.05) is 0 Å². The van der Waals surface area contributed by atoms with Crippen molar-refractivity contribution < 1.29 is 24.3 Å². The highest BCUT2D eigenvalue weighted by molar-refractivity contribution is 6.01. The summed E-state index contributed by atoms with van der Waals surface area (Å²) in [5, 5.41) is 20.2. The molecule has 0 radical (unpaired) electrons. The molecule has 0 atom stereocenters. The third kappa shape index (κ3) is 0.995. The van der Waals surface area contributed by atoms with Gasteiger partial charge >= 0.3 is 6.03 Å². The number of nitrogens with zero attached hydrogens (tertiary/aromatic N) is 1. The average Bonchev–Trinajstić information content (AvgIpc) is 2.21. The normalized spacial score (nSPS) is 24.6. The Morgan fingerprint density at radius 3 is 1.92 bits per heavy atom. The number of hydrogen-bond donors (Lipinski definition) is 3. The zero-order chi connectivity index (χ0) is 10.3. The molecule has 0 aromatic rings. The van der Waals surface area contributed by atoms with Crippen LogP contribution < -0.4 is 5.32 Å². The van der Waals surface area contributed by atoms with E-state index in [1.807, 2.05) is 0 Å². The van der Waals surface area contributed by atoms with Crippen molar-refractivity contribution in [3.8, 4) is 0 Å². The number of imide groups is 1. The monoisotopic (exact) mass is 189 g/mol. The zero-order valence-corrected chi connectivity index (χ0v) is 7.57. The van der Waals surface area contributed by atoms with Crippen LogP contribution in [0.4, 0.5) is 4.79 Å². The first-order valence-corrected chi connectivity index (χ1v) is 3.87. The van der Waals surface area contributed by atoms with Crippen molar-refractivity contribution in [2.75, 3.05) is 13.5 Å². The minimum Gasteiger partial charge on any atom is -0.347 e. The number of urea groups is 1. The van der Waals surface area contributed by atoms with Crippen LogP contribution in [0.1, 0.15) is 13.8 Å². The lowest BCUT2D eigenvalue weighted by Crippen LogP contribution is -2.62. The van der Waals surface area contributed by atoms with Gasteiger partial charge in [0.15, 0.2) is 19.0 Å². The topological polar surface area (TPSA) is 86.6 Å². The third-order valence-electron chi connectivity index (χ3n) is 2.72. The Bertz CT molecular complexity index is 257. The van der Waals surface area contributed by atoms with Crippen LogP contribution >= 0.6 is 0 Å². The predicted octanol–water partition coefficient (Wildman–Crippen LogP) is -1.27. The molecule has 1 fully saturated rings. The molecule has 0 aromatic carbocycles. The number of rotatable bonds is 2. The number of hydrogen-bond acceptors (Lipinski definition) is 4. The molecule has 0 spiro atoms. The van der Waals surface area contributed by atoms with Crippen LogP contribution in [-0.2, 0) is 4.79 Å². The fraction of sp³-hybridized carbons (Fsp3) is 0.714. The van der Waals surface area contributed by atoms with E-state index in [1.165, 1.54) is 13.8 Å². The maximum absolute atomic E-state index is 11.3. The summed E-state index contributed by atoms with van der Waals surface area (Å²) in [6.45, 7) is 1.81. The molecular formula is C7H13N2O4+. The molecule has 0 saturated carbocycles. The van der Waals surface area contributed by atoms with Crippen molar-refractivity contribution in [2.24, 2.45) is 0 Å². The van der Waals surface area contributed by atoms with Crippen molar-refractivity contribution in [3.05, 3.63) is 0 Å². The highest BCUT2D eigenvalue weighted by atomic mass is 16.3. The van der Waals surface area contributed by atoms with Gasteiger partial charge in [-0.25, -0.2) is 10.1 Å². The fourth-order valence-corrected chi connectivity index (χ4v) is 1.33. The Kier molecular flexibility index (Phi) is 2.15. The van der Waals surface area contributed by atoms with Gasteiger partial charge in [0.2, 0.25) is 0 Å². The Hall–Kier alpha value is -0.980. The minimum atomic E-state index is -1.12. The largest absolute Gasteiger partial charge is 0.428 e. The molecule has 3 amide bonds. The van der Waals surface area contributed by atoms with Crippen LogP contribution in [0.25, 0.3) is 0 Å². The highest BCUT2D eigenvalue weighted by Gasteiger charge is 2.61. The van der Waals surface area contributed by atoms with Gasteiger partial charge in [-0.05, 0) is 0 Å². The third-order valence-corrected chi connectivity index (χ3v) is 2.72. The van der Waals surface area contributed by atoms with Crippen LogP contribution in [0.3, 0.4) is 0 Å². The molecule has 74 valence electrons. The molecule has 1 heterocycles. The Labute approximate surface area is 75.4 Å². The van der Waals surface area contributed by atoms with Crippen LogP contribution in [0.5, 0.6) is 0 Å². The van der Waals surface area contributed by atoms with Gasteiger partial charge in [0.25, 0.3) is 5.91 Å². The molecule has 0 bridgehead atoms. The Balaban J connectivity index is 3.20. The number of amides is 3. The van der Waals surface area contributed by atoms with Gasteiger partial charge in [-0.3, -0.25) is 4.79 Å². The van der Waals surface area contributed by atoms with Gasteiger partial charge in [0.1, 0.15) is 0 Å². The lowest BCUT2D eigenvalue weighted by molar-refractivity contribution is -0.917. The van der Waals surface area contributed by atoms with Crippen LogP contribution in [0.2, 0.25) is 0 Å². The highest BCUT2D eigenvalue weighted by Crippen LogP contribution is 2.29. The van der Waals surface area contributed by atoms with E-state index in [4.69, 9.17) is 10.2 Å². The second-order valence-corrected chi connectivity index (χ2v) is 3.57. The molecule has 0 aromatic heterocycles. The van der Waals surface area contributed by atoms with E-state index in [-0.39, 0.29) is 0 Å². The van der Waals surface area contributed by atoms with E-state index in [1.54, 1.807) is 0 Å². The van der Waals surface area contributed by atoms with Crippen LogP contribution in [0.15, 0.2) is 0 Å². The van der Waals surface area contributed by atoms with Crippen molar-refractivity contribution >= 4 is 11.9 Å². The molecular weight excluding hydrogens is 176 g/mol. The van der Waals surface area contributed by atoms with Crippen molar-refractivity contribution in [3.63, 3.8) is 0 Å². The van der Waals surface area contributed by atoms with Crippen molar-refractivity contribution in [2.45, 2.75) is 19.4 Å². The lowest BCUT2D eigenvalue weighted by Gasteiger charge is -2.35. The van der Waals surface area contributed by atoms with Crippen LogP contribution in [-0.4, -0.2) is 45.6 Å². The van der Waals surface area contributed by atoms with E-state index in [2.05, 4.69) is 5.32 Å². The molecule has 6 nitrogen and oxygen atoms in total. The van der Waals surface area contributed by atoms with Gasteiger partial charge in [-0.15, -0.1) is 0 Å². The molecule has 0 unspecified atom stereocenters. The van der Waals surface area contributed by atoms with Crippen molar-refractivity contribution in [1.29, 1.82) is 0 Å². The second kappa shape index (κ2) is 2.76. The standard InChI is InChI=1S/C7H12N2O4/c1-7(2)5(12)8-6(13)9(7,3-10)4-11/h10-11H,3-4H2,1-2H3/p+1. The molecule has 3 N–H and O–H groups in total. The molecule has 1 rings (SSSR count). The van der Waals surface area contributed by atoms with Gasteiger partial charge in [0, 0.05) is 13.8 Å². The quantitative estimate of drug-likeness (QED) is 0.373. The summed E-state index contributed by atoms with van der Waals surface area (Å²) in [6, 6.07) is -0.667. The predicted molar refractivity (Wildman–Crippen MR) is 42.0 cm³/mol. The fourth-order valence-electron chi connectivity index (χ4n) is 1.33. The number of carbonyl (C=O) groups is 2. The molecule has 6 heteroatoms. The number of quaternary nitrogens is 1. The van der Waals surface area contributed by atoms with E-state index in [0.717, 1.165) is 0 Å². The molecule has 13 heavy (non-hydrogen) atoms. The van der Waals surface area contributed by atoms with Gasteiger partial charge < -0.3 is 10.2 Å². The minimum absolute atomic E-state index is 0.486. The zero-order valence-electron chi connectivity index (χ0n) is 7.57. The second-order valence-electron chi connectivity index (χ2n) is 3.57. The summed E-state index contributed by atoms with van der Waals surface area (Å²) in [4.78, 5) is 22.6. The molecule has 0 aliphatic carbocycles. The van der Waals surface area contributed by atoms with E-state index < -0.39 is 35.4 Å². The van der Waals surface area contributed by atoms with Crippen LogP contribution in [0, 0.1) is 0 Å². The molecule has 1 saturated heterocycles. The van der Waals surface area contributed by atoms with Gasteiger partial charge in [0.05, 0.1) is 0 Å². The Morgan fingerprint density at radius 1 is 1.31 bits per heavy atom. The maximum Gasteiger partial charge on any atom is 0.428 e. The maximum atomic E-state index is 11.3. The first-order valence-electron chi connectivity index (χ1n) is 3.87. The average molecular weight is 189 g/mol. The SMILES string of the molecule is CC1(C)C(=O)NC(=O)[N+]1(CO)CO. The van der Waals surface area contributed by atoms with Crippen molar-refractivity contribution in [1.82, 2.24) is 5.32 Å². The number of carbonyl (C=O) groups excluding carboxylic acids is 2. The lowest BCUT2D eigenvalue weighted by atomic mass is 10.0. The summed E-state index contributed by atoms with van der Waals surface area (Å²) in [6.07, 6.45) is 0. The van der Waals surface area contributed by atoms with E-state index in [9.17, 15) is 9.59 Å². The smallest absolute Gasteiger partial charge is 0.347 e. The number of aliphatic hydroxyl groups is 2. The first kappa shape index (κ1) is 10.1. The number of aliphatic hydroxyl groups excluding tert-OH is 2. The first-order chi connectivity index (χ1) is 5.92. The summed E-state index contributed by atoms with van der Waals surface area (Å²) in [7, 11) is 0. The Morgan fingerprint density at radius 2 is 1.77 bits per heavy atom. The number of nitrogens with one attached hydrogen (secondary N) is 1. The molecule has 1 aliphatic rings. The summed E-state index contributed by atoms with van der Waals surface area (Å²) in [5.74, 6) is -0.486. The molecule has 1 aliphatic heterocycles.